The molecule has 2 rings (SSSR count). The SMILES string of the molecule is CCCN(CCC(NC)c1cc(F)cc(F)c1)C1CC1. The van der Waals surface area contributed by atoms with E-state index in [1.807, 2.05) is 7.05 Å². The summed E-state index contributed by atoms with van der Waals surface area (Å²) in [5.41, 5.74) is 0.692. The second-order valence-corrected chi connectivity index (χ2v) is 5.60. The lowest BCUT2D eigenvalue weighted by molar-refractivity contribution is 0.249. The van der Waals surface area contributed by atoms with Crippen LogP contribution in [0.3, 0.4) is 0 Å². The predicted molar refractivity (Wildman–Crippen MR) is 77.7 cm³/mol. The van der Waals surface area contributed by atoms with Crippen molar-refractivity contribution in [2.24, 2.45) is 0 Å². The highest BCUT2D eigenvalue weighted by Gasteiger charge is 2.28. The second kappa shape index (κ2) is 7.14. The first-order valence-electron chi connectivity index (χ1n) is 7.51. The summed E-state index contributed by atoms with van der Waals surface area (Å²) in [7, 11) is 1.84. The Morgan fingerprint density at radius 3 is 2.35 bits per heavy atom. The van der Waals surface area contributed by atoms with Crippen molar-refractivity contribution in [2.75, 3.05) is 20.1 Å². The van der Waals surface area contributed by atoms with Crippen LogP contribution in [0.4, 0.5) is 8.78 Å². The van der Waals surface area contributed by atoms with E-state index in [0.29, 0.717) is 5.56 Å². The molecule has 1 unspecified atom stereocenters. The Labute approximate surface area is 120 Å². The number of halogens is 2. The zero-order valence-corrected chi connectivity index (χ0v) is 12.3. The van der Waals surface area contributed by atoms with Crippen LogP contribution in [0, 0.1) is 11.6 Å². The maximum Gasteiger partial charge on any atom is 0.126 e. The second-order valence-electron chi connectivity index (χ2n) is 5.60. The minimum absolute atomic E-state index is 0.00157. The summed E-state index contributed by atoms with van der Waals surface area (Å²) >= 11 is 0. The van der Waals surface area contributed by atoms with Gasteiger partial charge in [0.25, 0.3) is 0 Å². The molecule has 1 aliphatic rings. The van der Waals surface area contributed by atoms with E-state index < -0.39 is 11.6 Å². The molecule has 1 aromatic rings. The third-order valence-electron chi connectivity index (χ3n) is 3.91. The summed E-state index contributed by atoms with van der Waals surface area (Å²) in [6.07, 6.45) is 4.60. The van der Waals surface area contributed by atoms with Crippen LogP contribution in [0.2, 0.25) is 0 Å². The molecule has 0 aliphatic heterocycles. The Bertz CT molecular complexity index is 412. The smallest absolute Gasteiger partial charge is 0.126 e. The lowest BCUT2D eigenvalue weighted by atomic mass is 10.0. The van der Waals surface area contributed by atoms with Crippen molar-refractivity contribution in [2.45, 2.75) is 44.7 Å². The normalized spacial score (nSPS) is 16.6. The molecule has 0 aromatic heterocycles. The van der Waals surface area contributed by atoms with E-state index in [9.17, 15) is 8.78 Å². The molecule has 1 atom stereocenters. The van der Waals surface area contributed by atoms with Crippen LogP contribution in [0.1, 0.15) is 44.2 Å². The molecule has 112 valence electrons. The summed E-state index contributed by atoms with van der Waals surface area (Å²) < 4.78 is 26.6. The maximum atomic E-state index is 13.3. The van der Waals surface area contributed by atoms with Gasteiger partial charge in [0.15, 0.2) is 0 Å². The first-order valence-corrected chi connectivity index (χ1v) is 7.51. The van der Waals surface area contributed by atoms with E-state index in [1.54, 1.807) is 0 Å². The molecule has 1 aliphatic carbocycles. The van der Waals surface area contributed by atoms with Crippen LogP contribution in [0.15, 0.2) is 18.2 Å². The first kappa shape index (κ1) is 15.4. The highest BCUT2D eigenvalue weighted by atomic mass is 19.1. The molecule has 1 saturated carbocycles. The zero-order valence-electron chi connectivity index (χ0n) is 12.3. The minimum Gasteiger partial charge on any atom is -0.313 e. The van der Waals surface area contributed by atoms with Crippen LogP contribution in [-0.4, -0.2) is 31.1 Å². The molecule has 0 amide bonds. The van der Waals surface area contributed by atoms with Crippen LogP contribution >= 0.6 is 0 Å². The topological polar surface area (TPSA) is 15.3 Å². The predicted octanol–water partition coefficient (Wildman–Crippen LogP) is 3.49. The van der Waals surface area contributed by atoms with Gasteiger partial charge >= 0.3 is 0 Å². The molecule has 1 aromatic carbocycles. The third kappa shape index (κ3) is 4.25. The van der Waals surface area contributed by atoms with Crippen molar-refractivity contribution in [3.8, 4) is 0 Å². The molecule has 0 radical (unpaired) electrons. The molecular formula is C16H24F2N2. The molecular weight excluding hydrogens is 258 g/mol. The summed E-state index contributed by atoms with van der Waals surface area (Å²) in [5.74, 6) is -1.01. The molecule has 0 spiro atoms. The largest absolute Gasteiger partial charge is 0.313 e. The number of benzene rings is 1. The van der Waals surface area contributed by atoms with Crippen molar-refractivity contribution in [3.05, 3.63) is 35.4 Å². The van der Waals surface area contributed by atoms with E-state index >= 15 is 0 Å². The van der Waals surface area contributed by atoms with Gasteiger partial charge in [-0.25, -0.2) is 8.78 Å². The van der Waals surface area contributed by atoms with Crippen molar-refractivity contribution in [1.82, 2.24) is 10.2 Å². The third-order valence-corrected chi connectivity index (χ3v) is 3.91. The molecule has 0 saturated heterocycles. The fourth-order valence-electron chi connectivity index (χ4n) is 2.75. The van der Waals surface area contributed by atoms with E-state index in [1.165, 1.54) is 25.0 Å². The van der Waals surface area contributed by atoms with Crippen molar-refractivity contribution >= 4 is 0 Å². The highest BCUT2D eigenvalue weighted by Crippen LogP contribution is 2.28. The highest BCUT2D eigenvalue weighted by molar-refractivity contribution is 5.21. The van der Waals surface area contributed by atoms with Crippen molar-refractivity contribution in [3.63, 3.8) is 0 Å². The average molecular weight is 282 g/mol. The Morgan fingerprint density at radius 1 is 1.20 bits per heavy atom. The van der Waals surface area contributed by atoms with Gasteiger partial charge in [-0.15, -0.1) is 0 Å². The van der Waals surface area contributed by atoms with Crippen molar-refractivity contribution in [1.29, 1.82) is 0 Å². The van der Waals surface area contributed by atoms with E-state index in [2.05, 4.69) is 17.1 Å². The molecule has 1 fully saturated rings. The van der Waals surface area contributed by atoms with Gasteiger partial charge in [0.2, 0.25) is 0 Å². The summed E-state index contributed by atoms with van der Waals surface area (Å²) in [6.45, 7) is 4.27. The number of rotatable bonds is 8. The van der Waals surface area contributed by atoms with Gasteiger partial charge < -0.3 is 10.2 Å². The summed E-state index contributed by atoms with van der Waals surface area (Å²) in [4.78, 5) is 2.50. The summed E-state index contributed by atoms with van der Waals surface area (Å²) in [5, 5.41) is 3.17. The van der Waals surface area contributed by atoms with Gasteiger partial charge in [-0.2, -0.15) is 0 Å². The van der Waals surface area contributed by atoms with E-state index in [4.69, 9.17) is 0 Å². The Kier molecular flexibility index (Phi) is 5.49. The lowest BCUT2D eigenvalue weighted by Crippen LogP contribution is -2.31. The zero-order chi connectivity index (χ0) is 14.5. The van der Waals surface area contributed by atoms with Gasteiger partial charge in [-0.1, -0.05) is 6.92 Å². The number of hydrogen-bond donors (Lipinski definition) is 1. The molecule has 1 N–H and O–H groups in total. The van der Waals surface area contributed by atoms with Gasteiger partial charge in [-0.05, 0) is 57.0 Å². The van der Waals surface area contributed by atoms with Gasteiger partial charge in [0, 0.05) is 24.7 Å². The van der Waals surface area contributed by atoms with Crippen LogP contribution in [-0.2, 0) is 0 Å². The Balaban J connectivity index is 1.97. The average Bonchev–Trinajstić information content (AvgIpc) is 3.21. The van der Waals surface area contributed by atoms with Gasteiger partial charge in [0.05, 0.1) is 0 Å². The molecule has 0 bridgehead atoms. The molecule has 0 heterocycles. The molecule has 4 heteroatoms. The van der Waals surface area contributed by atoms with E-state index in [0.717, 1.165) is 38.0 Å². The Morgan fingerprint density at radius 2 is 1.85 bits per heavy atom. The van der Waals surface area contributed by atoms with Crippen LogP contribution < -0.4 is 5.32 Å². The maximum absolute atomic E-state index is 13.3. The number of nitrogens with one attached hydrogen (secondary N) is 1. The summed E-state index contributed by atoms with van der Waals surface area (Å²) in [6, 6.07) is 4.50. The number of hydrogen-bond acceptors (Lipinski definition) is 2. The molecule has 2 nitrogen and oxygen atoms in total. The minimum atomic E-state index is -0.507. The fourth-order valence-corrected chi connectivity index (χ4v) is 2.75. The lowest BCUT2D eigenvalue weighted by Gasteiger charge is -2.25. The van der Waals surface area contributed by atoms with Crippen LogP contribution in [0.5, 0.6) is 0 Å². The molecule has 20 heavy (non-hydrogen) atoms. The van der Waals surface area contributed by atoms with Crippen molar-refractivity contribution < 1.29 is 8.78 Å². The monoisotopic (exact) mass is 282 g/mol. The first-order chi connectivity index (χ1) is 9.63. The number of nitrogens with zero attached hydrogens (tertiary/aromatic N) is 1. The standard InChI is InChI=1S/C16H24F2N2/c1-3-7-20(15-4-5-15)8-6-16(19-2)12-9-13(17)11-14(18)10-12/h9-11,15-16,19H,3-8H2,1-2H3. The van der Waals surface area contributed by atoms with Crippen LogP contribution in [0.25, 0.3) is 0 Å². The fraction of sp³-hybridized carbons (Fsp3) is 0.625. The van der Waals surface area contributed by atoms with E-state index in [-0.39, 0.29) is 6.04 Å². The van der Waals surface area contributed by atoms with Gasteiger partial charge in [0.1, 0.15) is 11.6 Å². The van der Waals surface area contributed by atoms with Gasteiger partial charge in [-0.3, -0.25) is 0 Å². The quantitative estimate of drug-likeness (QED) is 0.785. The Hall–Kier alpha value is -1.00.